The van der Waals surface area contributed by atoms with Crippen molar-refractivity contribution in [2.24, 2.45) is 0 Å². The Bertz CT molecular complexity index is 3580. The molecule has 0 fully saturated rings. The molecule has 12 rings (SSSR count). The lowest BCUT2D eigenvalue weighted by atomic mass is 9.92. The van der Waals surface area contributed by atoms with Crippen molar-refractivity contribution < 1.29 is 0 Å². The Morgan fingerprint density at radius 3 is 1.65 bits per heavy atom. The fraction of sp³-hybridized carbons (Fsp3) is 0. The molecule has 2 heteroatoms. The molecule has 0 aliphatic rings. The number of benzene rings is 11. The monoisotopic (exact) mass is 762 g/mol. The van der Waals surface area contributed by atoms with Crippen molar-refractivity contribution in [3.05, 3.63) is 231 Å². The first-order valence-corrected chi connectivity index (χ1v) is 20.7. The molecule has 12 aromatic rings. The van der Waals surface area contributed by atoms with E-state index in [0.717, 1.165) is 22.7 Å². The van der Waals surface area contributed by atoms with E-state index in [1.165, 1.54) is 87.1 Å². The van der Waals surface area contributed by atoms with Crippen LogP contribution in [0.4, 0.5) is 17.1 Å². The highest BCUT2D eigenvalue weighted by atomic mass is 15.1. The van der Waals surface area contributed by atoms with E-state index in [1.54, 1.807) is 0 Å². The van der Waals surface area contributed by atoms with E-state index in [4.69, 9.17) is 0 Å². The number of hydrogen-bond donors (Lipinski definition) is 0. The number of rotatable bonds is 6. The van der Waals surface area contributed by atoms with Crippen molar-refractivity contribution in [3.63, 3.8) is 0 Å². The summed E-state index contributed by atoms with van der Waals surface area (Å²) in [6.45, 7) is 0. The van der Waals surface area contributed by atoms with Crippen LogP contribution in [0.5, 0.6) is 0 Å². The third-order valence-corrected chi connectivity index (χ3v) is 12.3. The zero-order chi connectivity index (χ0) is 39.6. The molecule has 0 aliphatic carbocycles. The summed E-state index contributed by atoms with van der Waals surface area (Å²) in [5.41, 5.74) is 11.6. The molecule has 1 heterocycles. The predicted octanol–water partition coefficient (Wildman–Crippen LogP) is 16.2. The molecule has 0 bridgehead atoms. The van der Waals surface area contributed by atoms with Crippen molar-refractivity contribution in [1.82, 2.24) is 4.57 Å². The summed E-state index contributed by atoms with van der Waals surface area (Å²) >= 11 is 0. The SMILES string of the molecule is c1ccc(-c2ccc(N(c3ccc4ccccc4c3)c3cc4ccccc4c4c3c3cc(-c5cc6ccccc6c6ccccc56)ccc3n4-c3ccccc3)cc2)cc1. The van der Waals surface area contributed by atoms with Crippen LogP contribution >= 0.6 is 0 Å². The highest BCUT2D eigenvalue weighted by Gasteiger charge is 2.24. The molecular formula is C58H38N2. The van der Waals surface area contributed by atoms with E-state index < -0.39 is 0 Å². The third-order valence-electron chi connectivity index (χ3n) is 12.3. The highest BCUT2D eigenvalue weighted by molar-refractivity contribution is 6.26. The average molecular weight is 763 g/mol. The Kier molecular flexibility index (Phi) is 7.89. The van der Waals surface area contributed by atoms with Crippen LogP contribution in [0.15, 0.2) is 231 Å². The number of para-hydroxylation sites is 1. The van der Waals surface area contributed by atoms with Crippen molar-refractivity contribution in [2.75, 3.05) is 4.90 Å². The van der Waals surface area contributed by atoms with E-state index in [1.807, 2.05) is 0 Å². The summed E-state index contributed by atoms with van der Waals surface area (Å²) in [7, 11) is 0. The van der Waals surface area contributed by atoms with Crippen LogP contribution in [0, 0.1) is 0 Å². The van der Waals surface area contributed by atoms with E-state index in [-0.39, 0.29) is 0 Å². The minimum atomic E-state index is 1.10. The molecule has 1 aromatic heterocycles. The van der Waals surface area contributed by atoms with Gasteiger partial charge in [-0.25, -0.2) is 0 Å². The second-order valence-corrected chi connectivity index (χ2v) is 15.7. The molecule has 0 spiro atoms. The zero-order valence-corrected chi connectivity index (χ0v) is 32.8. The molecule has 2 nitrogen and oxygen atoms in total. The first-order chi connectivity index (χ1) is 29.8. The Morgan fingerprint density at radius 2 is 0.883 bits per heavy atom. The minimum Gasteiger partial charge on any atom is -0.310 e. The lowest BCUT2D eigenvalue weighted by Gasteiger charge is -2.28. The van der Waals surface area contributed by atoms with Crippen LogP contribution in [0.3, 0.4) is 0 Å². The molecule has 280 valence electrons. The standard InChI is InChI=1S/C58H38N2/c1-3-15-39(16-4-1)41-27-31-47(32-28-41)59(48-33-29-40-17-7-8-18-42(40)35-48)56-38-44-20-10-12-24-50(44)58-57(56)54-37-45(30-34-55(54)60(58)46-21-5-2-6-22-46)53-36-43-19-9-11-23-49(43)51-25-13-14-26-52(51)53/h1-38H. The van der Waals surface area contributed by atoms with Crippen molar-refractivity contribution in [2.45, 2.75) is 0 Å². The van der Waals surface area contributed by atoms with Gasteiger partial charge < -0.3 is 9.47 Å². The largest absolute Gasteiger partial charge is 0.310 e. The van der Waals surface area contributed by atoms with Crippen molar-refractivity contribution in [1.29, 1.82) is 0 Å². The van der Waals surface area contributed by atoms with Gasteiger partial charge in [0.2, 0.25) is 0 Å². The molecule has 11 aromatic carbocycles. The molecular weight excluding hydrogens is 725 g/mol. The van der Waals surface area contributed by atoms with E-state index >= 15 is 0 Å². The summed E-state index contributed by atoms with van der Waals surface area (Å²) in [4.78, 5) is 2.48. The molecule has 0 aliphatic heterocycles. The van der Waals surface area contributed by atoms with Crippen LogP contribution in [-0.2, 0) is 0 Å². The maximum atomic E-state index is 2.48. The van der Waals surface area contributed by atoms with Crippen molar-refractivity contribution in [3.8, 4) is 27.9 Å². The number of anilines is 3. The smallest absolute Gasteiger partial charge is 0.0640 e. The Morgan fingerprint density at radius 1 is 0.317 bits per heavy atom. The number of hydrogen-bond acceptors (Lipinski definition) is 1. The lowest BCUT2D eigenvalue weighted by molar-refractivity contribution is 1.19. The van der Waals surface area contributed by atoms with Crippen LogP contribution < -0.4 is 4.90 Å². The average Bonchev–Trinajstić information content (AvgIpc) is 3.67. The van der Waals surface area contributed by atoms with Gasteiger partial charge in [-0.05, 0) is 121 Å². The normalized spacial score (nSPS) is 11.7. The van der Waals surface area contributed by atoms with E-state index in [0.29, 0.717) is 0 Å². The second kappa shape index (κ2) is 13.9. The summed E-state index contributed by atoms with van der Waals surface area (Å²) < 4.78 is 2.48. The maximum Gasteiger partial charge on any atom is 0.0640 e. The van der Waals surface area contributed by atoms with Crippen LogP contribution in [0.25, 0.3) is 92.8 Å². The van der Waals surface area contributed by atoms with Crippen LogP contribution in [-0.4, -0.2) is 4.57 Å². The summed E-state index contributed by atoms with van der Waals surface area (Å²) in [6.07, 6.45) is 0. The van der Waals surface area contributed by atoms with Gasteiger partial charge in [0.15, 0.2) is 0 Å². The topological polar surface area (TPSA) is 8.17 Å². The van der Waals surface area contributed by atoms with Gasteiger partial charge in [-0.15, -0.1) is 0 Å². The maximum absolute atomic E-state index is 2.48. The van der Waals surface area contributed by atoms with Crippen molar-refractivity contribution >= 4 is 82.0 Å². The fourth-order valence-electron chi connectivity index (χ4n) is 9.52. The molecule has 0 radical (unpaired) electrons. The van der Waals surface area contributed by atoms with Crippen LogP contribution in [0.2, 0.25) is 0 Å². The van der Waals surface area contributed by atoms with Gasteiger partial charge in [0.1, 0.15) is 0 Å². The van der Waals surface area contributed by atoms with E-state index in [2.05, 4.69) is 240 Å². The molecule has 60 heavy (non-hydrogen) atoms. The molecule has 0 unspecified atom stereocenters. The molecule has 0 atom stereocenters. The first-order valence-electron chi connectivity index (χ1n) is 20.7. The Hall–Kier alpha value is -7.94. The highest BCUT2D eigenvalue weighted by Crippen LogP contribution is 2.48. The number of nitrogens with zero attached hydrogens (tertiary/aromatic N) is 2. The van der Waals surface area contributed by atoms with Gasteiger partial charge in [0, 0.05) is 33.2 Å². The Labute approximate surface area is 348 Å². The van der Waals surface area contributed by atoms with Crippen LogP contribution in [0.1, 0.15) is 0 Å². The second-order valence-electron chi connectivity index (χ2n) is 15.7. The number of fused-ring (bicyclic) bond motifs is 9. The molecule has 0 saturated carbocycles. The van der Waals surface area contributed by atoms with Gasteiger partial charge in [0.05, 0.1) is 16.7 Å². The van der Waals surface area contributed by atoms with Gasteiger partial charge >= 0.3 is 0 Å². The summed E-state index contributed by atoms with van der Waals surface area (Å²) in [6, 6.07) is 84.5. The van der Waals surface area contributed by atoms with Gasteiger partial charge in [-0.1, -0.05) is 170 Å². The molecule has 0 amide bonds. The first kappa shape index (κ1) is 34.1. The quantitative estimate of drug-likeness (QED) is 0.153. The molecule has 0 N–H and O–H groups in total. The third kappa shape index (κ3) is 5.50. The van der Waals surface area contributed by atoms with E-state index in [9.17, 15) is 0 Å². The Balaban J connectivity index is 1.21. The van der Waals surface area contributed by atoms with Gasteiger partial charge in [0.25, 0.3) is 0 Å². The predicted molar refractivity (Wildman–Crippen MR) is 256 cm³/mol. The van der Waals surface area contributed by atoms with Gasteiger partial charge in [-0.2, -0.15) is 0 Å². The summed E-state index contributed by atoms with van der Waals surface area (Å²) in [5, 5.41) is 12.3. The molecule has 0 saturated heterocycles. The summed E-state index contributed by atoms with van der Waals surface area (Å²) in [5.74, 6) is 0. The van der Waals surface area contributed by atoms with Gasteiger partial charge in [-0.3, -0.25) is 0 Å². The number of aromatic nitrogens is 1. The fourth-order valence-corrected chi connectivity index (χ4v) is 9.52. The minimum absolute atomic E-state index is 1.10. The lowest BCUT2D eigenvalue weighted by Crippen LogP contribution is -2.10. The zero-order valence-electron chi connectivity index (χ0n) is 32.8.